The van der Waals surface area contributed by atoms with Gasteiger partial charge in [-0.25, -0.2) is 9.97 Å². The molecule has 50 heavy (non-hydrogen) atoms. The number of halogens is 1. The zero-order valence-electron chi connectivity index (χ0n) is 29.0. The summed E-state index contributed by atoms with van der Waals surface area (Å²) < 4.78 is 11.5. The number of ether oxygens (including phenoxy) is 2. The van der Waals surface area contributed by atoms with E-state index in [-0.39, 0.29) is 24.3 Å². The van der Waals surface area contributed by atoms with E-state index in [0.29, 0.717) is 64.0 Å². The molecule has 1 unspecified atom stereocenters. The zero-order chi connectivity index (χ0) is 36.0. The fraction of sp³-hybridized carbons (Fsp3) is 0.389. The number of likely N-dealkylation sites (tertiary alicyclic amines) is 1. The third-order valence-electron chi connectivity index (χ3n) is 8.58. The smallest absolute Gasteiger partial charge is 0.247 e. The fourth-order valence-corrected chi connectivity index (χ4v) is 5.88. The van der Waals surface area contributed by atoms with E-state index >= 15 is 0 Å². The summed E-state index contributed by atoms with van der Waals surface area (Å²) in [6.07, 6.45) is 4.25. The van der Waals surface area contributed by atoms with Crippen LogP contribution in [0.3, 0.4) is 0 Å². The molecule has 0 saturated carbocycles. The van der Waals surface area contributed by atoms with Crippen molar-refractivity contribution in [1.29, 1.82) is 0 Å². The SMILES string of the molecule is CN[C@@H](C)C(=O)N[C@H](C(=O)N1CCCC1C(=O)Nc1cc2c(Nc3ccc(OCc4ccccn4)c(Cl)c3)ncnc2cc1OC)C(C)(C)C. The highest BCUT2D eigenvalue weighted by Gasteiger charge is 2.42. The number of aromatic nitrogens is 3. The van der Waals surface area contributed by atoms with Gasteiger partial charge in [0.25, 0.3) is 0 Å². The predicted molar refractivity (Wildman–Crippen MR) is 193 cm³/mol. The number of hydrogen-bond acceptors (Lipinski definition) is 10. The Morgan fingerprint density at radius 3 is 2.54 bits per heavy atom. The van der Waals surface area contributed by atoms with Crippen molar-refractivity contribution in [3.63, 3.8) is 0 Å². The third-order valence-corrected chi connectivity index (χ3v) is 8.87. The molecule has 2 aromatic heterocycles. The summed E-state index contributed by atoms with van der Waals surface area (Å²) in [5.74, 6) is 0.418. The molecule has 3 heterocycles. The first-order chi connectivity index (χ1) is 23.9. The van der Waals surface area contributed by atoms with Crippen molar-refractivity contribution in [1.82, 2.24) is 30.5 Å². The summed E-state index contributed by atoms with van der Waals surface area (Å²) >= 11 is 6.55. The van der Waals surface area contributed by atoms with Gasteiger partial charge in [0, 0.05) is 29.9 Å². The molecule has 1 saturated heterocycles. The maximum absolute atomic E-state index is 13.9. The van der Waals surface area contributed by atoms with Crippen molar-refractivity contribution in [2.75, 3.05) is 31.3 Å². The molecule has 1 fully saturated rings. The van der Waals surface area contributed by atoms with Crippen molar-refractivity contribution >= 4 is 57.4 Å². The van der Waals surface area contributed by atoms with Gasteiger partial charge >= 0.3 is 0 Å². The van der Waals surface area contributed by atoms with Crippen molar-refractivity contribution in [2.45, 2.75) is 65.3 Å². The van der Waals surface area contributed by atoms with E-state index in [0.717, 1.165) is 5.69 Å². The molecule has 0 aliphatic carbocycles. The first kappa shape index (κ1) is 36.3. The average molecular weight is 703 g/mol. The van der Waals surface area contributed by atoms with Gasteiger partial charge in [-0.3, -0.25) is 19.4 Å². The minimum absolute atomic E-state index is 0.274. The molecule has 0 spiro atoms. The van der Waals surface area contributed by atoms with Crippen LogP contribution >= 0.6 is 11.6 Å². The summed E-state index contributed by atoms with van der Waals surface area (Å²) in [4.78, 5) is 55.2. The number of amides is 3. The van der Waals surface area contributed by atoms with Crippen LogP contribution in [0.2, 0.25) is 5.02 Å². The van der Waals surface area contributed by atoms with Gasteiger partial charge in [-0.15, -0.1) is 0 Å². The number of nitrogens with zero attached hydrogens (tertiary/aromatic N) is 4. The van der Waals surface area contributed by atoms with Crippen LogP contribution in [0.4, 0.5) is 17.2 Å². The lowest BCUT2D eigenvalue weighted by Crippen LogP contribution is -2.59. The Bertz CT molecular complexity index is 1850. The minimum atomic E-state index is -0.824. The topological polar surface area (TPSA) is 160 Å². The lowest BCUT2D eigenvalue weighted by molar-refractivity contribution is -0.143. The second-order valence-corrected chi connectivity index (χ2v) is 13.6. The van der Waals surface area contributed by atoms with Gasteiger partial charge in [0.2, 0.25) is 17.7 Å². The molecular formula is C36H43ClN8O5. The number of nitrogens with one attached hydrogen (secondary N) is 4. The Morgan fingerprint density at radius 2 is 1.86 bits per heavy atom. The van der Waals surface area contributed by atoms with Crippen LogP contribution in [-0.4, -0.2) is 76.4 Å². The number of anilines is 3. The molecular weight excluding hydrogens is 660 g/mol. The number of benzene rings is 2. The number of carbonyl (C=O) groups excluding carboxylic acids is 3. The number of rotatable bonds is 12. The second kappa shape index (κ2) is 15.7. The first-order valence-electron chi connectivity index (χ1n) is 16.4. The molecule has 0 radical (unpaired) electrons. The zero-order valence-corrected chi connectivity index (χ0v) is 29.8. The van der Waals surface area contributed by atoms with Gasteiger partial charge < -0.3 is 35.6 Å². The lowest BCUT2D eigenvalue weighted by atomic mass is 9.85. The van der Waals surface area contributed by atoms with Crippen LogP contribution < -0.4 is 30.7 Å². The molecule has 2 aromatic carbocycles. The molecule has 1 aliphatic rings. The van der Waals surface area contributed by atoms with Gasteiger partial charge in [-0.2, -0.15) is 0 Å². The van der Waals surface area contributed by atoms with E-state index in [1.807, 2.05) is 45.0 Å². The van der Waals surface area contributed by atoms with Crippen LogP contribution in [0.1, 0.15) is 46.2 Å². The van der Waals surface area contributed by atoms with E-state index in [1.165, 1.54) is 13.4 Å². The van der Waals surface area contributed by atoms with Crippen LogP contribution in [0.25, 0.3) is 10.9 Å². The number of hydrogen-bond donors (Lipinski definition) is 4. The van der Waals surface area contributed by atoms with Crippen LogP contribution in [0, 0.1) is 5.41 Å². The molecule has 3 atom stereocenters. The molecule has 264 valence electrons. The molecule has 5 rings (SSSR count). The standard InChI is InChI=1S/C36H43ClN8O5/c1-21(38-5)33(46)44-31(36(2,3)4)35(48)45-15-9-11-28(45)34(47)43-27-17-24-26(18-30(27)49-6)40-20-41-32(24)42-22-12-13-29(25(37)16-22)50-19-23-10-7-8-14-39-23/h7-8,10,12-14,16-18,20-21,28,31,38H,9,11,15,19H2,1-6H3,(H,43,47)(H,44,46)(H,40,41,42)/t21-,28?,31+/m0/s1. The van der Waals surface area contributed by atoms with E-state index < -0.39 is 23.5 Å². The monoisotopic (exact) mass is 702 g/mol. The molecule has 4 N–H and O–H groups in total. The predicted octanol–water partition coefficient (Wildman–Crippen LogP) is 5.08. The summed E-state index contributed by atoms with van der Waals surface area (Å²) in [6.45, 7) is 8.06. The summed E-state index contributed by atoms with van der Waals surface area (Å²) in [5.41, 5.74) is 1.82. The van der Waals surface area contributed by atoms with Crippen molar-refractivity contribution < 1.29 is 23.9 Å². The van der Waals surface area contributed by atoms with Gasteiger partial charge in [-0.05, 0) is 68.6 Å². The van der Waals surface area contributed by atoms with Gasteiger partial charge in [0.05, 0.1) is 35.1 Å². The maximum Gasteiger partial charge on any atom is 0.247 e. The largest absolute Gasteiger partial charge is 0.494 e. The van der Waals surface area contributed by atoms with Gasteiger partial charge in [-0.1, -0.05) is 38.4 Å². The van der Waals surface area contributed by atoms with E-state index in [1.54, 1.807) is 49.3 Å². The van der Waals surface area contributed by atoms with Crippen LogP contribution in [-0.2, 0) is 21.0 Å². The Labute approximate surface area is 296 Å². The number of carbonyl (C=O) groups is 3. The van der Waals surface area contributed by atoms with E-state index in [2.05, 4.69) is 36.2 Å². The van der Waals surface area contributed by atoms with E-state index in [9.17, 15) is 14.4 Å². The molecule has 4 aromatic rings. The minimum Gasteiger partial charge on any atom is -0.494 e. The number of likely N-dealkylation sites (N-methyl/N-ethyl adjacent to an activating group) is 1. The highest BCUT2D eigenvalue weighted by atomic mass is 35.5. The highest BCUT2D eigenvalue weighted by molar-refractivity contribution is 6.32. The summed E-state index contributed by atoms with van der Waals surface area (Å²) in [5, 5.41) is 13.1. The number of methoxy groups -OCH3 is 1. The van der Waals surface area contributed by atoms with E-state index in [4.69, 9.17) is 21.1 Å². The Kier molecular flexibility index (Phi) is 11.4. The molecule has 3 amide bonds. The summed E-state index contributed by atoms with van der Waals surface area (Å²) in [7, 11) is 3.19. The summed E-state index contributed by atoms with van der Waals surface area (Å²) in [6, 6.07) is 12.3. The van der Waals surface area contributed by atoms with Gasteiger partial charge in [0.1, 0.15) is 42.3 Å². The highest BCUT2D eigenvalue weighted by Crippen LogP contribution is 2.35. The normalized spacial score (nSPS) is 15.7. The van der Waals surface area contributed by atoms with Crippen molar-refractivity contribution in [3.05, 3.63) is 71.8 Å². The lowest BCUT2D eigenvalue weighted by Gasteiger charge is -2.36. The third kappa shape index (κ3) is 8.40. The quantitative estimate of drug-likeness (QED) is 0.157. The Morgan fingerprint density at radius 1 is 1.06 bits per heavy atom. The molecule has 1 aliphatic heterocycles. The maximum atomic E-state index is 13.9. The van der Waals surface area contributed by atoms with Crippen molar-refractivity contribution in [3.8, 4) is 11.5 Å². The molecule has 14 heteroatoms. The second-order valence-electron chi connectivity index (χ2n) is 13.2. The van der Waals surface area contributed by atoms with Crippen LogP contribution in [0.5, 0.6) is 11.5 Å². The molecule has 13 nitrogen and oxygen atoms in total. The fourth-order valence-electron chi connectivity index (χ4n) is 5.65. The van der Waals surface area contributed by atoms with Crippen molar-refractivity contribution in [2.24, 2.45) is 5.41 Å². The number of fused-ring (bicyclic) bond motifs is 1. The van der Waals surface area contributed by atoms with Gasteiger partial charge in [0.15, 0.2) is 0 Å². The number of pyridine rings is 1. The average Bonchev–Trinajstić information content (AvgIpc) is 3.60. The Balaban J connectivity index is 1.35. The van der Waals surface area contributed by atoms with Crippen LogP contribution in [0.15, 0.2) is 61.1 Å². The first-order valence-corrected chi connectivity index (χ1v) is 16.8. The molecule has 0 bridgehead atoms. The Hall–Kier alpha value is -5.01.